The van der Waals surface area contributed by atoms with Gasteiger partial charge >= 0.3 is 5.97 Å². The number of hydrogen-bond acceptors (Lipinski definition) is 3. The van der Waals surface area contributed by atoms with Crippen LogP contribution in [-0.2, 0) is 14.3 Å². The molecule has 0 aliphatic carbocycles. The summed E-state index contributed by atoms with van der Waals surface area (Å²) in [6.07, 6.45) is 1.98. The Kier molecular flexibility index (Phi) is 3.09. The predicted octanol–water partition coefficient (Wildman–Crippen LogP) is 1.53. The zero-order chi connectivity index (χ0) is 9.90. The smallest absolute Gasteiger partial charge is 0.330 e. The molecule has 0 bridgehead atoms. The van der Waals surface area contributed by atoms with Crippen molar-refractivity contribution >= 4 is 5.97 Å². The predicted molar refractivity (Wildman–Crippen MR) is 49.3 cm³/mol. The van der Waals surface area contributed by atoms with Crippen molar-refractivity contribution in [3.63, 3.8) is 0 Å². The highest BCUT2D eigenvalue weighted by atomic mass is 16.6. The Bertz CT molecular complexity index is 202. The molecule has 1 aliphatic rings. The molecule has 1 saturated heterocycles. The van der Waals surface area contributed by atoms with Gasteiger partial charge in [-0.1, -0.05) is 20.4 Å². The maximum atomic E-state index is 11.1. The SMILES string of the molecule is C=CC(=O)OC1(C(C)C)CCOC1. The first-order chi connectivity index (χ1) is 6.10. The topological polar surface area (TPSA) is 35.5 Å². The van der Waals surface area contributed by atoms with Crippen molar-refractivity contribution in [3.05, 3.63) is 12.7 Å². The van der Waals surface area contributed by atoms with Crippen LogP contribution >= 0.6 is 0 Å². The lowest BCUT2D eigenvalue weighted by Crippen LogP contribution is -2.40. The van der Waals surface area contributed by atoms with E-state index in [1.807, 2.05) is 13.8 Å². The molecular formula is C10H16O3. The first-order valence-electron chi connectivity index (χ1n) is 4.54. The van der Waals surface area contributed by atoms with E-state index in [2.05, 4.69) is 6.58 Å². The Morgan fingerprint density at radius 1 is 1.69 bits per heavy atom. The van der Waals surface area contributed by atoms with Gasteiger partial charge in [0.2, 0.25) is 0 Å². The molecule has 1 fully saturated rings. The zero-order valence-electron chi connectivity index (χ0n) is 8.21. The third kappa shape index (κ3) is 2.10. The van der Waals surface area contributed by atoms with Crippen molar-refractivity contribution in [2.75, 3.05) is 13.2 Å². The van der Waals surface area contributed by atoms with Crippen molar-refractivity contribution in [1.29, 1.82) is 0 Å². The van der Waals surface area contributed by atoms with Crippen LogP contribution in [0.2, 0.25) is 0 Å². The van der Waals surface area contributed by atoms with Crippen LogP contribution in [0, 0.1) is 5.92 Å². The van der Waals surface area contributed by atoms with Crippen LogP contribution in [0.3, 0.4) is 0 Å². The number of ether oxygens (including phenoxy) is 2. The second-order valence-electron chi connectivity index (χ2n) is 3.65. The number of esters is 1. The molecule has 0 radical (unpaired) electrons. The lowest BCUT2D eigenvalue weighted by Gasteiger charge is -2.30. The van der Waals surface area contributed by atoms with Gasteiger partial charge in [-0.3, -0.25) is 0 Å². The van der Waals surface area contributed by atoms with Crippen LogP contribution in [0.1, 0.15) is 20.3 Å². The summed E-state index contributed by atoms with van der Waals surface area (Å²) >= 11 is 0. The van der Waals surface area contributed by atoms with E-state index >= 15 is 0 Å². The van der Waals surface area contributed by atoms with Crippen LogP contribution in [0.25, 0.3) is 0 Å². The molecule has 74 valence electrons. The number of carbonyl (C=O) groups is 1. The van der Waals surface area contributed by atoms with E-state index in [0.29, 0.717) is 13.2 Å². The molecule has 0 aromatic carbocycles. The minimum Gasteiger partial charge on any atom is -0.453 e. The Hall–Kier alpha value is -0.830. The molecule has 0 spiro atoms. The molecular weight excluding hydrogens is 168 g/mol. The Morgan fingerprint density at radius 2 is 2.38 bits per heavy atom. The zero-order valence-corrected chi connectivity index (χ0v) is 8.21. The first kappa shape index (κ1) is 10.3. The summed E-state index contributed by atoms with van der Waals surface area (Å²) in [5.41, 5.74) is -0.425. The van der Waals surface area contributed by atoms with Crippen LogP contribution in [0.5, 0.6) is 0 Å². The molecule has 0 amide bonds. The van der Waals surface area contributed by atoms with Crippen LogP contribution in [-0.4, -0.2) is 24.8 Å². The van der Waals surface area contributed by atoms with Gasteiger partial charge in [0.05, 0.1) is 13.2 Å². The molecule has 1 rings (SSSR count). The summed E-state index contributed by atoms with van der Waals surface area (Å²) in [6, 6.07) is 0. The highest BCUT2D eigenvalue weighted by molar-refractivity contribution is 5.81. The third-order valence-electron chi connectivity index (χ3n) is 2.54. The van der Waals surface area contributed by atoms with E-state index < -0.39 is 5.60 Å². The molecule has 0 saturated carbocycles. The van der Waals surface area contributed by atoms with Crippen LogP contribution in [0.15, 0.2) is 12.7 Å². The van der Waals surface area contributed by atoms with Gasteiger partial charge < -0.3 is 9.47 Å². The average Bonchev–Trinajstić information content (AvgIpc) is 2.54. The molecule has 0 N–H and O–H groups in total. The van der Waals surface area contributed by atoms with Gasteiger partial charge in [0.15, 0.2) is 0 Å². The molecule has 13 heavy (non-hydrogen) atoms. The van der Waals surface area contributed by atoms with Gasteiger partial charge in [-0.15, -0.1) is 0 Å². The third-order valence-corrected chi connectivity index (χ3v) is 2.54. The van der Waals surface area contributed by atoms with E-state index in [4.69, 9.17) is 9.47 Å². The number of carbonyl (C=O) groups excluding carboxylic acids is 1. The minimum absolute atomic E-state index is 0.277. The molecule has 0 aromatic heterocycles. The highest BCUT2D eigenvalue weighted by Gasteiger charge is 2.41. The molecule has 0 aromatic rings. The van der Waals surface area contributed by atoms with Gasteiger partial charge in [0.25, 0.3) is 0 Å². The van der Waals surface area contributed by atoms with Crippen molar-refractivity contribution in [2.45, 2.75) is 25.9 Å². The first-order valence-corrected chi connectivity index (χ1v) is 4.54. The lowest BCUT2D eigenvalue weighted by atomic mass is 9.89. The van der Waals surface area contributed by atoms with Crippen molar-refractivity contribution in [2.24, 2.45) is 5.92 Å². The fourth-order valence-corrected chi connectivity index (χ4v) is 1.46. The Balaban J connectivity index is 2.67. The second kappa shape index (κ2) is 3.92. The molecule has 3 nitrogen and oxygen atoms in total. The van der Waals surface area contributed by atoms with Crippen LogP contribution < -0.4 is 0 Å². The van der Waals surface area contributed by atoms with E-state index in [9.17, 15) is 4.79 Å². The fraction of sp³-hybridized carbons (Fsp3) is 0.700. The van der Waals surface area contributed by atoms with Gasteiger partial charge in [-0.05, 0) is 5.92 Å². The minimum atomic E-state index is -0.425. The van der Waals surface area contributed by atoms with Gasteiger partial charge in [0.1, 0.15) is 5.60 Å². The fourth-order valence-electron chi connectivity index (χ4n) is 1.46. The van der Waals surface area contributed by atoms with Crippen molar-refractivity contribution in [1.82, 2.24) is 0 Å². The summed E-state index contributed by atoms with van der Waals surface area (Å²) in [6.45, 7) is 8.62. The van der Waals surface area contributed by atoms with E-state index in [1.54, 1.807) is 0 Å². The molecule has 3 heteroatoms. The summed E-state index contributed by atoms with van der Waals surface area (Å²) in [7, 11) is 0. The summed E-state index contributed by atoms with van der Waals surface area (Å²) in [4.78, 5) is 11.1. The van der Waals surface area contributed by atoms with E-state index in [-0.39, 0.29) is 11.9 Å². The summed E-state index contributed by atoms with van der Waals surface area (Å²) in [5, 5.41) is 0. The quantitative estimate of drug-likeness (QED) is 0.493. The van der Waals surface area contributed by atoms with Gasteiger partial charge in [0, 0.05) is 12.5 Å². The highest BCUT2D eigenvalue weighted by Crippen LogP contribution is 2.31. The largest absolute Gasteiger partial charge is 0.453 e. The monoisotopic (exact) mass is 184 g/mol. The average molecular weight is 184 g/mol. The second-order valence-corrected chi connectivity index (χ2v) is 3.65. The lowest BCUT2D eigenvalue weighted by molar-refractivity contribution is -0.158. The molecule has 1 atom stereocenters. The summed E-state index contributed by atoms with van der Waals surface area (Å²) < 4.78 is 10.6. The normalized spacial score (nSPS) is 27.6. The van der Waals surface area contributed by atoms with Gasteiger partial charge in [-0.2, -0.15) is 0 Å². The molecule has 1 aliphatic heterocycles. The van der Waals surface area contributed by atoms with E-state index in [1.165, 1.54) is 6.08 Å². The molecule has 1 heterocycles. The van der Waals surface area contributed by atoms with Crippen molar-refractivity contribution < 1.29 is 14.3 Å². The van der Waals surface area contributed by atoms with Crippen LogP contribution in [0.4, 0.5) is 0 Å². The maximum Gasteiger partial charge on any atom is 0.330 e. The van der Waals surface area contributed by atoms with Crippen molar-refractivity contribution in [3.8, 4) is 0 Å². The van der Waals surface area contributed by atoms with E-state index in [0.717, 1.165) is 6.42 Å². The maximum absolute atomic E-state index is 11.1. The Morgan fingerprint density at radius 3 is 2.77 bits per heavy atom. The molecule has 1 unspecified atom stereocenters. The standard InChI is InChI=1S/C10H16O3/c1-4-9(11)13-10(8(2)3)5-6-12-7-10/h4,8H,1,5-7H2,2-3H3. The van der Waals surface area contributed by atoms with Gasteiger partial charge in [-0.25, -0.2) is 4.79 Å². The summed E-state index contributed by atoms with van der Waals surface area (Å²) in [5.74, 6) is -0.0851. The number of rotatable bonds is 3. The Labute approximate surface area is 78.7 Å². The number of hydrogen-bond donors (Lipinski definition) is 0.